The number of carboxylic acids is 1. The van der Waals surface area contributed by atoms with E-state index in [1.807, 2.05) is 0 Å². The molecule has 1 atom stereocenters. The molecule has 15 heavy (non-hydrogen) atoms. The molecule has 0 bridgehead atoms. The van der Waals surface area contributed by atoms with Gasteiger partial charge in [0.05, 0.1) is 12.9 Å². The number of carboxylic acid groups (broad SMARTS) is 1. The first kappa shape index (κ1) is 13.4. The molecule has 0 aromatic rings. The fraction of sp³-hybridized carbons (Fsp3) is 0.556. The lowest BCUT2D eigenvalue weighted by Gasteiger charge is -2.12. The number of ether oxygens (including phenoxy) is 3. The predicted molar refractivity (Wildman–Crippen MR) is 49.9 cm³/mol. The van der Waals surface area contributed by atoms with E-state index >= 15 is 0 Å². The van der Waals surface area contributed by atoms with Gasteiger partial charge >= 0.3 is 11.9 Å². The van der Waals surface area contributed by atoms with Crippen LogP contribution in [0.15, 0.2) is 12.8 Å². The minimum atomic E-state index is -1.09. The lowest BCUT2D eigenvalue weighted by atomic mass is 10.2. The zero-order valence-electron chi connectivity index (χ0n) is 8.47. The fourth-order valence-electron chi connectivity index (χ4n) is 0.695. The van der Waals surface area contributed by atoms with Crippen LogP contribution in [0.5, 0.6) is 0 Å². The number of hydrogen-bond acceptors (Lipinski definition) is 5. The lowest BCUT2D eigenvalue weighted by Crippen LogP contribution is -2.26. The maximum absolute atomic E-state index is 10.6. The van der Waals surface area contributed by atoms with Gasteiger partial charge in [-0.3, -0.25) is 9.59 Å². The molecule has 0 aliphatic carbocycles. The Bertz CT molecular complexity index is 225. The van der Waals surface area contributed by atoms with Crippen molar-refractivity contribution in [3.05, 3.63) is 12.8 Å². The summed E-state index contributed by atoms with van der Waals surface area (Å²) in [4.78, 5) is 21.1. The van der Waals surface area contributed by atoms with Gasteiger partial charge < -0.3 is 19.3 Å². The zero-order chi connectivity index (χ0) is 11.7. The van der Waals surface area contributed by atoms with Crippen LogP contribution in [-0.4, -0.2) is 37.1 Å². The van der Waals surface area contributed by atoms with Gasteiger partial charge in [-0.05, 0) is 0 Å². The maximum Gasteiger partial charge on any atom is 0.312 e. The van der Waals surface area contributed by atoms with Gasteiger partial charge in [-0.15, -0.1) is 0 Å². The molecule has 1 unspecified atom stereocenters. The van der Waals surface area contributed by atoms with Crippen LogP contribution in [0.25, 0.3) is 0 Å². The standard InChI is InChI=1S/C9H14O6/c1-3-13-6-14-4-8(9(11)12)5-15-7(2)10/h3,8H,1,4-6H2,2H3,(H,11,12). The number of carbonyl (C=O) groups is 2. The molecular formula is C9H14O6. The molecule has 0 aromatic carbocycles. The van der Waals surface area contributed by atoms with E-state index in [4.69, 9.17) is 9.84 Å². The summed E-state index contributed by atoms with van der Waals surface area (Å²) in [5.41, 5.74) is 0. The third kappa shape index (κ3) is 7.51. The minimum Gasteiger partial charge on any atom is -0.481 e. The molecule has 0 heterocycles. The van der Waals surface area contributed by atoms with Crippen LogP contribution in [0.2, 0.25) is 0 Å². The molecule has 0 aromatic heterocycles. The van der Waals surface area contributed by atoms with Gasteiger partial charge in [0.2, 0.25) is 0 Å². The van der Waals surface area contributed by atoms with Crippen molar-refractivity contribution >= 4 is 11.9 Å². The van der Waals surface area contributed by atoms with Crippen LogP contribution in [-0.2, 0) is 23.8 Å². The van der Waals surface area contributed by atoms with Crippen molar-refractivity contribution in [2.75, 3.05) is 20.0 Å². The second kappa shape index (κ2) is 7.81. The van der Waals surface area contributed by atoms with Gasteiger partial charge in [-0.25, -0.2) is 0 Å². The van der Waals surface area contributed by atoms with E-state index < -0.39 is 17.9 Å². The summed E-state index contributed by atoms with van der Waals surface area (Å²) in [6.45, 7) is 4.12. The van der Waals surface area contributed by atoms with Crippen molar-refractivity contribution in [2.24, 2.45) is 5.92 Å². The molecule has 0 radical (unpaired) electrons. The summed E-state index contributed by atoms with van der Waals surface area (Å²) >= 11 is 0. The predicted octanol–water partition coefficient (Wildman–Crippen LogP) is 0.384. The topological polar surface area (TPSA) is 82.1 Å². The fourth-order valence-corrected chi connectivity index (χ4v) is 0.695. The Hall–Kier alpha value is -1.56. The largest absolute Gasteiger partial charge is 0.481 e. The molecule has 0 aliphatic rings. The number of hydrogen-bond donors (Lipinski definition) is 1. The number of esters is 1. The summed E-state index contributed by atoms with van der Waals surface area (Å²) < 4.78 is 14.1. The molecule has 0 saturated heterocycles. The Morgan fingerprint density at radius 2 is 2.13 bits per heavy atom. The van der Waals surface area contributed by atoms with Gasteiger partial charge in [0.15, 0.2) is 6.79 Å². The van der Waals surface area contributed by atoms with E-state index in [-0.39, 0.29) is 20.0 Å². The number of carbonyl (C=O) groups excluding carboxylic acids is 1. The normalized spacial score (nSPS) is 11.5. The van der Waals surface area contributed by atoms with E-state index in [9.17, 15) is 9.59 Å². The van der Waals surface area contributed by atoms with Crippen molar-refractivity contribution in [3.63, 3.8) is 0 Å². The van der Waals surface area contributed by atoms with Gasteiger partial charge in [0, 0.05) is 6.92 Å². The first-order chi connectivity index (χ1) is 7.07. The molecule has 6 heteroatoms. The van der Waals surface area contributed by atoms with Crippen LogP contribution in [0.4, 0.5) is 0 Å². The van der Waals surface area contributed by atoms with Gasteiger partial charge in [-0.2, -0.15) is 0 Å². The molecule has 0 saturated carbocycles. The first-order valence-corrected chi connectivity index (χ1v) is 4.24. The van der Waals surface area contributed by atoms with Crippen LogP contribution in [0.3, 0.4) is 0 Å². The van der Waals surface area contributed by atoms with Crippen molar-refractivity contribution in [1.29, 1.82) is 0 Å². The Morgan fingerprint density at radius 1 is 1.47 bits per heavy atom. The highest BCUT2D eigenvalue weighted by molar-refractivity contribution is 5.71. The quantitative estimate of drug-likeness (QED) is 0.274. The average molecular weight is 218 g/mol. The summed E-state index contributed by atoms with van der Waals surface area (Å²) in [6.07, 6.45) is 1.18. The summed E-state index contributed by atoms with van der Waals surface area (Å²) in [7, 11) is 0. The third-order valence-corrected chi connectivity index (χ3v) is 1.43. The molecule has 0 spiro atoms. The minimum absolute atomic E-state index is 0.0760. The van der Waals surface area contributed by atoms with Crippen molar-refractivity contribution in [1.82, 2.24) is 0 Å². The summed E-state index contributed by atoms with van der Waals surface area (Å²) in [6, 6.07) is 0. The van der Waals surface area contributed by atoms with Crippen molar-refractivity contribution in [3.8, 4) is 0 Å². The smallest absolute Gasteiger partial charge is 0.312 e. The highest BCUT2D eigenvalue weighted by atomic mass is 16.7. The van der Waals surface area contributed by atoms with Crippen LogP contribution in [0, 0.1) is 5.92 Å². The van der Waals surface area contributed by atoms with E-state index in [0.29, 0.717) is 0 Å². The number of aliphatic carboxylic acids is 1. The van der Waals surface area contributed by atoms with E-state index in [1.54, 1.807) is 0 Å². The third-order valence-electron chi connectivity index (χ3n) is 1.43. The Kier molecular flexibility index (Phi) is 7.00. The van der Waals surface area contributed by atoms with Gasteiger partial charge in [0.1, 0.15) is 12.5 Å². The monoisotopic (exact) mass is 218 g/mol. The number of rotatable bonds is 8. The second-order valence-corrected chi connectivity index (χ2v) is 2.66. The molecule has 1 N–H and O–H groups in total. The Balaban J connectivity index is 3.78. The zero-order valence-corrected chi connectivity index (χ0v) is 8.47. The highest BCUT2D eigenvalue weighted by Gasteiger charge is 2.19. The summed E-state index contributed by atoms with van der Waals surface area (Å²) in [5, 5.41) is 8.71. The SMILES string of the molecule is C=COCOCC(COC(C)=O)C(=O)O. The Labute approximate surface area is 87.4 Å². The van der Waals surface area contributed by atoms with Gasteiger partial charge in [-0.1, -0.05) is 6.58 Å². The molecule has 0 amide bonds. The van der Waals surface area contributed by atoms with E-state index in [2.05, 4.69) is 16.1 Å². The van der Waals surface area contributed by atoms with Crippen LogP contribution < -0.4 is 0 Å². The lowest BCUT2D eigenvalue weighted by molar-refractivity contribution is -0.153. The summed E-state index contributed by atoms with van der Waals surface area (Å²) in [5.74, 6) is -2.50. The molecule has 86 valence electrons. The Morgan fingerprint density at radius 3 is 2.60 bits per heavy atom. The van der Waals surface area contributed by atoms with E-state index in [0.717, 1.165) is 0 Å². The second-order valence-electron chi connectivity index (χ2n) is 2.66. The van der Waals surface area contributed by atoms with E-state index in [1.165, 1.54) is 13.2 Å². The molecule has 0 rings (SSSR count). The van der Waals surface area contributed by atoms with Crippen LogP contribution >= 0.6 is 0 Å². The van der Waals surface area contributed by atoms with Gasteiger partial charge in [0.25, 0.3) is 0 Å². The average Bonchev–Trinajstić information content (AvgIpc) is 2.15. The van der Waals surface area contributed by atoms with Crippen LogP contribution in [0.1, 0.15) is 6.92 Å². The first-order valence-electron chi connectivity index (χ1n) is 4.24. The molecular weight excluding hydrogens is 204 g/mol. The molecule has 6 nitrogen and oxygen atoms in total. The highest BCUT2D eigenvalue weighted by Crippen LogP contribution is 2.00. The molecule has 0 fully saturated rings. The van der Waals surface area contributed by atoms with Crippen molar-refractivity contribution in [2.45, 2.75) is 6.92 Å². The molecule has 0 aliphatic heterocycles. The maximum atomic E-state index is 10.6. The van der Waals surface area contributed by atoms with Crippen molar-refractivity contribution < 1.29 is 28.9 Å².